The van der Waals surface area contributed by atoms with Crippen LogP contribution < -0.4 is 5.32 Å². The molecule has 1 N–H and O–H groups in total. The molecule has 28 heavy (non-hydrogen) atoms. The summed E-state index contributed by atoms with van der Waals surface area (Å²) in [4.78, 5) is 18.3. The van der Waals surface area contributed by atoms with Crippen molar-refractivity contribution >= 4 is 23.1 Å². The molecule has 2 heterocycles. The molecule has 0 aliphatic carbocycles. The lowest BCUT2D eigenvalue weighted by molar-refractivity contribution is 0.101. The smallest absolute Gasteiger partial charge is 0.409 e. The molecule has 1 amide bonds. The van der Waals surface area contributed by atoms with Crippen molar-refractivity contribution in [2.24, 2.45) is 5.92 Å². The second-order valence-corrected chi connectivity index (χ2v) is 7.17. The molecule has 146 valence electrons. The monoisotopic (exact) mass is 382 g/mol. The van der Waals surface area contributed by atoms with Gasteiger partial charge in [-0.2, -0.15) is 0 Å². The second kappa shape index (κ2) is 7.50. The zero-order chi connectivity index (χ0) is 19.7. The molecule has 4 rings (SSSR count). The van der Waals surface area contributed by atoms with Gasteiger partial charge in [-0.15, -0.1) is 0 Å². The van der Waals surface area contributed by atoms with Gasteiger partial charge < -0.3 is 15.0 Å². The molecule has 1 aliphatic rings. The highest BCUT2D eigenvalue weighted by Crippen LogP contribution is 2.28. The highest BCUT2D eigenvalue weighted by molar-refractivity contribution is 5.81. The number of carbonyl (C=O) groups is 1. The summed E-state index contributed by atoms with van der Waals surface area (Å²) in [6, 6.07) is 14.4. The third-order valence-corrected chi connectivity index (χ3v) is 5.30. The summed E-state index contributed by atoms with van der Waals surface area (Å²) in [5, 5.41) is 3.56. The van der Waals surface area contributed by atoms with E-state index >= 15 is 0 Å². The van der Waals surface area contributed by atoms with E-state index in [1.165, 1.54) is 19.2 Å². The maximum Gasteiger partial charge on any atom is 0.409 e. The summed E-state index contributed by atoms with van der Waals surface area (Å²) >= 11 is 0. The molecule has 6 nitrogen and oxygen atoms in total. The number of carbonyl (C=O) groups excluding carboxylic acids is 1. The van der Waals surface area contributed by atoms with E-state index in [2.05, 4.69) is 12.2 Å². The molecular weight excluding hydrogens is 359 g/mol. The van der Waals surface area contributed by atoms with Crippen molar-refractivity contribution in [3.63, 3.8) is 0 Å². The molecule has 1 fully saturated rings. The van der Waals surface area contributed by atoms with E-state index in [0.29, 0.717) is 13.1 Å². The van der Waals surface area contributed by atoms with Gasteiger partial charge in [-0.3, -0.25) is 4.57 Å². The predicted molar refractivity (Wildman–Crippen MR) is 106 cm³/mol. The summed E-state index contributed by atoms with van der Waals surface area (Å²) in [6.07, 6.45) is 0.506. The van der Waals surface area contributed by atoms with Crippen molar-refractivity contribution in [2.45, 2.75) is 19.4 Å². The Balaban J connectivity index is 1.65. The summed E-state index contributed by atoms with van der Waals surface area (Å²) in [5.74, 6) is 0.678. The minimum atomic E-state index is -0.288. The lowest BCUT2D eigenvalue weighted by atomic mass is 9.94. The number of nitrogens with zero attached hydrogens (tertiary/aromatic N) is 3. The molecule has 1 aliphatic heterocycles. The molecule has 3 aromatic rings. The minimum Gasteiger partial charge on any atom is -0.453 e. The average molecular weight is 382 g/mol. The number of likely N-dealkylation sites (tertiary alicyclic amines) is 1. The first kappa shape index (κ1) is 18.3. The van der Waals surface area contributed by atoms with Crippen LogP contribution in [-0.4, -0.2) is 46.8 Å². The van der Waals surface area contributed by atoms with Crippen LogP contribution in [0.1, 0.15) is 13.3 Å². The first-order valence-electron chi connectivity index (χ1n) is 9.39. The Morgan fingerprint density at radius 2 is 1.96 bits per heavy atom. The largest absolute Gasteiger partial charge is 0.453 e. The Hall–Kier alpha value is -3.09. The van der Waals surface area contributed by atoms with Crippen LogP contribution in [0.5, 0.6) is 0 Å². The van der Waals surface area contributed by atoms with Crippen molar-refractivity contribution in [3.05, 3.63) is 54.3 Å². The number of hydrogen-bond acceptors (Lipinski definition) is 4. The Morgan fingerprint density at radius 1 is 1.21 bits per heavy atom. The van der Waals surface area contributed by atoms with Crippen LogP contribution in [-0.2, 0) is 4.74 Å². The van der Waals surface area contributed by atoms with Crippen LogP contribution in [0.3, 0.4) is 0 Å². The number of piperidine rings is 1. The molecule has 1 saturated heterocycles. The van der Waals surface area contributed by atoms with Crippen molar-refractivity contribution in [1.82, 2.24) is 14.5 Å². The number of ether oxygens (including phenoxy) is 1. The van der Waals surface area contributed by atoms with Gasteiger partial charge in [0.2, 0.25) is 5.95 Å². The molecule has 0 radical (unpaired) electrons. The van der Waals surface area contributed by atoms with Gasteiger partial charge >= 0.3 is 6.09 Å². The van der Waals surface area contributed by atoms with Gasteiger partial charge in [-0.25, -0.2) is 14.2 Å². The number of aromatic nitrogens is 2. The van der Waals surface area contributed by atoms with Crippen molar-refractivity contribution < 1.29 is 13.9 Å². The molecule has 0 spiro atoms. The lowest BCUT2D eigenvalue weighted by Crippen LogP contribution is -2.47. The Bertz CT molecular complexity index is 986. The first-order valence-corrected chi connectivity index (χ1v) is 9.39. The molecular formula is C21H23FN4O2. The van der Waals surface area contributed by atoms with Gasteiger partial charge in [0.05, 0.1) is 18.1 Å². The lowest BCUT2D eigenvalue weighted by Gasteiger charge is -2.36. The van der Waals surface area contributed by atoms with Gasteiger partial charge in [-0.1, -0.05) is 19.1 Å². The quantitative estimate of drug-likeness (QED) is 0.742. The normalized spacial score (nSPS) is 19.6. The van der Waals surface area contributed by atoms with Crippen LogP contribution in [0.25, 0.3) is 16.7 Å². The van der Waals surface area contributed by atoms with Crippen LogP contribution in [0.2, 0.25) is 0 Å². The van der Waals surface area contributed by atoms with Crippen molar-refractivity contribution in [2.75, 3.05) is 25.5 Å². The number of amides is 1. The van der Waals surface area contributed by atoms with E-state index in [1.807, 2.05) is 28.8 Å². The van der Waals surface area contributed by atoms with E-state index in [0.717, 1.165) is 29.1 Å². The summed E-state index contributed by atoms with van der Waals surface area (Å²) < 4.78 is 20.3. The predicted octanol–water partition coefficient (Wildman–Crippen LogP) is 4.05. The van der Waals surface area contributed by atoms with Crippen molar-refractivity contribution in [3.8, 4) is 5.69 Å². The number of hydrogen-bond donors (Lipinski definition) is 1. The molecule has 0 saturated carbocycles. The van der Waals surface area contributed by atoms with E-state index < -0.39 is 0 Å². The third-order valence-electron chi connectivity index (χ3n) is 5.30. The Kier molecular flexibility index (Phi) is 4.90. The highest BCUT2D eigenvalue weighted by Gasteiger charge is 2.30. The number of methoxy groups -OCH3 is 1. The van der Waals surface area contributed by atoms with E-state index in [-0.39, 0.29) is 23.9 Å². The van der Waals surface area contributed by atoms with Gasteiger partial charge in [0.1, 0.15) is 5.82 Å². The van der Waals surface area contributed by atoms with Crippen LogP contribution in [0.15, 0.2) is 48.5 Å². The number of fused-ring (bicyclic) bond motifs is 1. The summed E-state index contributed by atoms with van der Waals surface area (Å²) in [7, 11) is 1.41. The van der Waals surface area contributed by atoms with E-state index in [1.54, 1.807) is 17.0 Å². The number of benzene rings is 2. The number of imidazole rings is 1. The molecule has 2 unspecified atom stereocenters. The number of nitrogens with one attached hydrogen (secondary N) is 1. The number of para-hydroxylation sites is 2. The van der Waals surface area contributed by atoms with Crippen molar-refractivity contribution in [1.29, 1.82) is 0 Å². The van der Waals surface area contributed by atoms with Gasteiger partial charge in [0.15, 0.2) is 0 Å². The zero-order valence-corrected chi connectivity index (χ0v) is 15.9. The van der Waals surface area contributed by atoms with Crippen LogP contribution in [0, 0.1) is 11.7 Å². The van der Waals surface area contributed by atoms with Gasteiger partial charge in [-0.05, 0) is 48.7 Å². The molecule has 2 atom stereocenters. The minimum absolute atomic E-state index is 0.164. The fourth-order valence-electron chi connectivity index (χ4n) is 3.80. The standard InChI is InChI=1S/C21H23FN4O2/c1-14-13-25(21(27)28-2)12-11-17(14)23-20-24-18-5-3-4-6-19(18)26(20)16-9-7-15(22)8-10-16/h3-10,14,17H,11-13H2,1-2H3,(H,23,24). The van der Waals surface area contributed by atoms with Gasteiger partial charge in [0.25, 0.3) is 0 Å². The maximum absolute atomic E-state index is 13.4. The Labute approximate surface area is 162 Å². The fourth-order valence-corrected chi connectivity index (χ4v) is 3.80. The maximum atomic E-state index is 13.4. The summed E-state index contributed by atoms with van der Waals surface area (Å²) in [5.41, 5.74) is 2.67. The highest BCUT2D eigenvalue weighted by atomic mass is 19.1. The van der Waals surface area contributed by atoms with Crippen LogP contribution >= 0.6 is 0 Å². The third kappa shape index (κ3) is 3.40. The number of halogens is 1. The van der Waals surface area contributed by atoms with Gasteiger partial charge in [0, 0.05) is 24.8 Å². The Morgan fingerprint density at radius 3 is 2.68 bits per heavy atom. The first-order chi connectivity index (χ1) is 13.6. The van der Waals surface area contributed by atoms with Crippen LogP contribution in [0.4, 0.5) is 15.1 Å². The molecule has 2 aromatic carbocycles. The zero-order valence-electron chi connectivity index (χ0n) is 15.9. The molecule has 7 heteroatoms. The number of anilines is 1. The molecule has 1 aromatic heterocycles. The van der Waals surface area contributed by atoms with E-state index in [4.69, 9.17) is 9.72 Å². The topological polar surface area (TPSA) is 59.4 Å². The second-order valence-electron chi connectivity index (χ2n) is 7.17. The summed E-state index contributed by atoms with van der Waals surface area (Å²) in [6.45, 7) is 3.37. The SMILES string of the molecule is COC(=O)N1CCC(Nc2nc3ccccc3n2-c2ccc(F)cc2)C(C)C1. The number of rotatable bonds is 3. The fraction of sp³-hybridized carbons (Fsp3) is 0.333. The van der Waals surface area contributed by atoms with E-state index in [9.17, 15) is 9.18 Å². The average Bonchev–Trinajstić information content (AvgIpc) is 3.07. The molecule has 0 bridgehead atoms.